The smallest absolute Gasteiger partial charge is 0.227 e. The van der Waals surface area contributed by atoms with Crippen LogP contribution in [0, 0.1) is 0 Å². The van der Waals surface area contributed by atoms with Gasteiger partial charge in [0.1, 0.15) is 11.6 Å². The molecule has 0 atom stereocenters. The summed E-state index contributed by atoms with van der Waals surface area (Å²) in [6, 6.07) is 10.3. The van der Waals surface area contributed by atoms with Crippen molar-refractivity contribution in [1.82, 2.24) is 24.8 Å². The Morgan fingerprint density at radius 2 is 2.08 bits per heavy atom. The van der Waals surface area contributed by atoms with Crippen molar-refractivity contribution in [1.29, 1.82) is 0 Å². The van der Waals surface area contributed by atoms with Gasteiger partial charge in [0.15, 0.2) is 0 Å². The summed E-state index contributed by atoms with van der Waals surface area (Å²) in [6.07, 6.45) is 7.57. The van der Waals surface area contributed by atoms with Crippen LogP contribution in [0.1, 0.15) is 29.8 Å². The van der Waals surface area contributed by atoms with Crippen molar-refractivity contribution in [2.24, 2.45) is 0 Å². The van der Waals surface area contributed by atoms with Crippen molar-refractivity contribution >= 4 is 5.91 Å². The molecule has 6 nitrogen and oxygen atoms in total. The van der Waals surface area contributed by atoms with E-state index in [9.17, 15) is 4.79 Å². The summed E-state index contributed by atoms with van der Waals surface area (Å²) in [5.41, 5.74) is 2.33. The second kappa shape index (κ2) is 8.28. The summed E-state index contributed by atoms with van der Waals surface area (Å²) < 4.78 is 2.08. The number of rotatable bonds is 8. The Morgan fingerprint density at radius 3 is 2.84 bits per heavy atom. The highest BCUT2D eigenvalue weighted by Crippen LogP contribution is 2.05. The number of benzene rings is 1. The first-order chi connectivity index (χ1) is 12.2. The van der Waals surface area contributed by atoms with E-state index in [0.717, 1.165) is 30.9 Å². The zero-order valence-corrected chi connectivity index (χ0v) is 14.4. The molecule has 0 aliphatic rings. The molecule has 0 fully saturated rings. The van der Waals surface area contributed by atoms with Gasteiger partial charge in [-0.2, -0.15) is 0 Å². The molecule has 2 N–H and O–H groups in total. The highest BCUT2D eigenvalue weighted by molar-refractivity contribution is 5.77. The number of aromatic amines is 1. The quantitative estimate of drug-likeness (QED) is 0.662. The Bertz CT molecular complexity index is 806. The molecule has 0 saturated carbocycles. The van der Waals surface area contributed by atoms with Gasteiger partial charge in [0.25, 0.3) is 0 Å². The number of hydrogen-bond acceptors (Lipinski definition) is 3. The molecule has 0 aliphatic heterocycles. The molecule has 3 rings (SSSR count). The van der Waals surface area contributed by atoms with Crippen LogP contribution in [0.15, 0.2) is 48.9 Å². The lowest BCUT2D eigenvalue weighted by Crippen LogP contribution is -2.26. The molecule has 1 aromatic carbocycles. The maximum absolute atomic E-state index is 12.1. The summed E-state index contributed by atoms with van der Waals surface area (Å²) in [7, 11) is 0. The first kappa shape index (κ1) is 17.0. The van der Waals surface area contributed by atoms with Gasteiger partial charge in [-0.25, -0.2) is 9.97 Å². The van der Waals surface area contributed by atoms with Gasteiger partial charge < -0.3 is 14.9 Å². The van der Waals surface area contributed by atoms with E-state index >= 15 is 0 Å². The number of H-pyrrole nitrogens is 1. The predicted molar refractivity (Wildman–Crippen MR) is 95.9 cm³/mol. The number of nitrogens with zero attached hydrogens (tertiary/aromatic N) is 3. The van der Waals surface area contributed by atoms with Gasteiger partial charge in [0.2, 0.25) is 5.91 Å². The highest BCUT2D eigenvalue weighted by atomic mass is 16.1. The minimum atomic E-state index is -0.0605. The number of carbonyl (C=O) groups excluding carboxylic acids is 1. The van der Waals surface area contributed by atoms with Gasteiger partial charge in [0.05, 0.1) is 13.0 Å². The summed E-state index contributed by atoms with van der Waals surface area (Å²) in [6.45, 7) is 3.31. The number of hydrogen-bond donors (Lipinski definition) is 2. The molecule has 0 saturated heterocycles. The molecule has 130 valence electrons. The minimum Gasteiger partial charge on any atom is -0.348 e. The SMILES string of the molecule is CCc1cnc(CC(=O)NCc2nccn2CCc2ccccc2)[nH]1. The zero-order valence-electron chi connectivity index (χ0n) is 14.4. The maximum Gasteiger partial charge on any atom is 0.227 e. The second-order valence-electron chi connectivity index (χ2n) is 5.93. The number of imidazole rings is 2. The van der Waals surface area contributed by atoms with Crippen molar-refractivity contribution in [2.45, 2.75) is 39.3 Å². The first-order valence-electron chi connectivity index (χ1n) is 8.58. The van der Waals surface area contributed by atoms with Crippen molar-refractivity contribution < 1.29 is 4.79 Å². The van der Waals surface area contributed by atoms with E-state index in [-0.39, 0.29) is 12.3 Å². The number of carbonyl (C=O) groups is 1. The Hall–Kier alpha value is -2.89. The van der Waals surface area contributed by atoms with Crippen LogP contribution in [0.4, 0.5) is 0 Å². The normalized spacial score (nSPS) is 10.8. The molecule has 2 aromatic heterocycles. The zero-order chi connectivity index (χ0) is 17.5. The average molecular weight is 337 g/mol. The van der Waals surface area contributed by atoms with Crippen LogP contribution >= 0.6 is 0 Å². The van der Waals surface area contributed by atoms with Crippen LogP contribution < -0.4 is 5.32 Å². The van der Waals surface area contributed by atoms with Gasteiger partial charge in [-0.05, 0) is 18.4 Å². The van der Waals surface area contributed by atoms with Gasteiger partial charge >= 0.3 is 0 Å². The molecular formula is C19H23N5O. The van der Waals surface area contributed by atoms with Crippen molar-refractivity contribution in [3.63, 3.8) is 0 Å². The van der Waals surface area contributed by atoms with Crippen molar-refractivity contribution in [3.05, 3.63) is 71.8 Å². The van der Waals surface area contributed by atoms with E-state index in [0.29, 0.717) is 12.4 Å². The Morgan fingerprint density at radius 1 is 1.24 bits per heavy atom. The van der Waals surface area contributed by atoms with Crippen LogP contribution in [0.3, 0.4) is 0 Å². The molecule has 0 aliphatic carbocycles. The molecule has 3 aromatic rings. The van der Waals surface area contributed by atoms with Crippen LogP contribution in [0.2, 0.25) is 0 Å². The highest BCUT2D eigenvalue weighted by Gasteiger charge is 2.09. The van der Waals surface area contributed by atoms with Crippen LogP contribution in [-0.2, 0) is 37.1 Å². The molecule has 0 spiro atoms. The standard InChI is InChI=1S/C19H23N5O/c1-2-16-13-21-17(23-16)12-19(25)22-14-18-20-9-11-24(18)10-8-15-6-4-3-5-7-15/h3-7,9,11,13H,2,8,10,12,14H2,1H3,(H,21,23)(H,22,25). The van der Waals surface area contributed by atoms with E-state index in [2.05, 4.69) is 37.0 Å². The molecule has 0 radical (unpaired) electrons. The largest absolute Gasteiger partial charge is 0.348 e. The number of aryl methyl sites for hydroxylation is 3. The van der Waals surface area contributed by atoms with Crippen LogP contribution in [-0.4, -0.2) is 25.4 Å². The second-order valence-corrected chi connectivity index (χ2v) is 5.93. The third kappa shape index (κ3) is 4.79. The molecular weight excluding hydrogens is 314 g/mol. The predicted octanol–water partition coefficient (Wildman–Crippen LogP) is 2.27. The lowest BCUT2D eigenvalue weighted by atomic mass is 10.1. The molecule has 2 heterocycles. The summed E-state index contributed by atoms with van der Waals surface area (Å²) in [5, 5.41) is 2.92. The van der Waals surface area contributed by atoms with Crippen molar-refractivity contribution in [3.8, 4) is 0 Å². The molecule has 25 heavy (non-hydrogen) atoms. The van der Waals surface area contributed by atoms with Gasteiger partial charge in [0, 0.05) is 30.8 Å². The van der Waals surface area contributed by atoms with E-state index in [1.165, 1.54) is 5.56 Å². The fraction of sp³-hybridized carbons (Fsp3) is 0.316. The first-order valence-corrected chi connectivity index (χ1v) is 8.58. The van der Waals surface area contributed by atoms with E-state index in [4.69, 9.17) is 0 Å². The summed E-state index contributed by atoms with van der Waals surface area (Å²) >= 11 is 0. The number of amides is 1. The topological polar surface area (TPSA) is 75.6 Å². The minimum absolute atomic E-state index is 0.0605. The van der Waals surface area contributed by atoms with E-state index in [1.807, 2.05) is 31.3 Å². The van der Waals surface area contributed by atoms with Crippen LogP contribution in [0.5, 0.6) is 0 Å². The van der Waals surface area contributed by atoms with Gasteiger partial charge in [-0.15, -0.1) is 0 Å². The molecule has 0 bridgehead atoms. The Labute approximate surface area is 147 Å². The fourth-order valence-corrected chi connectivity index (χ4v) is 2.67. The van der Waals surface area contributed by atoms with Gasteiger partial charge in [-0.3, -0.25) is 4.79 Å². The number of nitrogens with one attached hydrogen (secondary N) is 2. The van der Waals surface area contributed by atoms with E-state index < -0.39 is 0 Å². The van der Waals surface area contributed by atoms with Crippen molar-refractivity contribution in [2.75, 3.05) is 0 Å². The summed E-state index contributed by atoms with van der Waals surface area (Å²) in [5.74, 6) is 1.49. The lowest BCUT2D eigenvalue weighted by molar-refractivity contribution is -0.120. The van der Waals surface area contributed by atoms with Crippen LogP contribution in [0.25, 0.3) is 0 Å². The fourth-order valence-electron chi connectivity index (χ4n) is 2.67. The lowest BCUT2D eigenvalue weighted by Gasteiger charge is -2.09. The number of aromatic nitrogens is 4. The molecule has 1 amide bonds. The average Bonchev–Trinajstić information content (AvgIpc) is 3.28. The van der Waals surface area contributed by atoms with Gasteiger partial charge in [-0.1, -0.05) is 37.3 Å². The maximum atomic E-state index is 12.1. The monoisotopic (exact) mass is 337 g/mol. The summed E-state index contributed by atoms with van der Waals surface area (Å²) in [4.78, 5) is 23.8. The molecule has 0 unspecified atom stereocenters. The third-order valence-electron chi connectivity index (χ3n) is 4.12. The van der Waals surface area contributed by atoms with E-state index in [1.54, 1.807) is 12.4 Å². The Balaban J connectivity index is 1.50. The third-order valence-corrected chi connectivity index (χ3v) is 4.12. The molecule has 6 heteroatoms. The Kier molecular flexibility index (Phi) is 5.61.